The maximum absolute atomic E-state index is 6.01. The van der Waals surface area contributed by atoms with Crippen molar-refractivity contribution in [3.05, 3.63) is 28.8 Å². The quantitative estimate of drug-likeness (QED) is 0.905. The van der Waals surface area contributed by atoms with E-state index in [1.165, 1.54) is 16.7 Å². The second-order valence-corrected chi connectivity index (χ2v) is 5.66. The predicted octanol–water partition coefficient (Wildman–Crippen LogP) is 3.14. The van der Waals surface area contributed by atoms with Crippen molar-refractivity contribution in [3.8, 4) is 5.75 Å². The second kappa shape index (κ2) is 5.51. The summed E-state index contributed by atoms with van der Waals surface area (Å²) in [6.07, 6.45) is 2.24. The van der Waals surface area contributed by atoms with E-state index < -0.39 is 0 Å². The van der Waals surface area contributed by atoms with E-state index in [9.17, 15) is 0 Å². The summed E-state index contributed by atoms with van der Waals surface area (Å²) >= 11 is 0. The third-order valence-electron chi connectivity index (χ3n) is 4.24. The van der Waals surface area contributed by atoms with Gasteiger partial charge in [0.05, 0.1) is 18.8 Å². The number of hydrogen-bond donors (Lipinski definition) is 1. The lowest BCUT2D eigenvalue weighted by molar-refractivity contribution is -0.0106. The molecule has 0 bridgehead atoms. The van der Waals surface area contributed by atoms with Gasteiger partial charge in [0.2, 0.25) is 0 Å². The Labute approximate surface area is 116 Å². The average Bonchev–Trinajstić information content (AvgIpc) is 2.81. The Morgan fingerprint density at radius 2 is 2.05 bits per heavy atom. The highest BCUT2D eigenvalue weighted by Crippen LogP contribution is 2.39. The molecular formula is C16H25NO2. The van der Waals surface area contributed by atoms with E-state index in [-0.39, 0.29) is 11.6 Å². The van der Waals surface area contributed by atoms with Gasteiger partial charge < -0.3 is 14.8 Å². The van der Waals surface area contributed by atoms with Crippen molar-refractivity contribution < 1.29 is 9.47 Å². The molecule has 0 amide bonds. The minimum Gasteiger partial charge on any atom is -0.496 e. The highest BCUT2D eigenvalue weighted by Gasteiger charge is 2.39. The van der Waals surface area contributed by atoms with Crippen molar-refractivity contribution in [1.82, 2.24) is 5.32 Å². The number of methoxy groups -OCH3 is 1. The average molecular weight is 263 g/mol. The first kappa shape index (κ1) is 14.4. The lowest BCUT2D eigenvalue weighted by atomic mass is 9.85. The van der Waals surface area contributed by atoms with Gasteiger partial charge in [-0.05, 0) is 63.4 Å². The van der Waals surface area contributed by atoms with Gasteiger partial charge >= 0.3 is 0 Å². The maximum atomic E-state index is 6.01. The van der Waals surface area contributed by atoms with Crippen molar-refractivity contribution in [2.75, 3.05) is 20.8 Å². The third kappa shape index (κ3) is 2.63. The monoisotopic (exact) mass is 263 g/mol. The molecule has 0 aliphatic carbocycles. The Balaban J connectivity index is 2.41. The molecule has 2 atom stereocenters. The van der Waals surface area contributed by atoms with Crippen molar-refractivity contribution in [2.24, 2.45) is 0 Å². The van der Waals surface area contributed by atoms with E-state index >= 15 is 0 Å². The molecule has 2 rings (SSSR count). The van der Waals surface area contributed by atoms with Gasteiger partial charge in [-0.15, -0.1) is 0 Å². The summed E-state index contributed by atoms with van der Waals surface area (Å²) in [5, 5.41) is 3.44. The van der Waals surface area contributed by atoms with Crippen LogP contribution in [0.2, 0.25) is 0 Å². The first-order valence-electron chi connectivity index (χ1n) is 6.98. The number of ether oxygens (including phenoxy) is 2. The summed E-state index contributed by atoms with van der Waals surface area (Å²) in [6.45, 7) is 7.30. The smallest absolute Gasteiger partial charge is 0.122 e. The zero-order valence-electron chi connectivity index (χ0n) is 12.7. The molecule has 1 aliphatic heterocycles. The highest BCUT2D eigenvalue weighted by molar-refractivity contribution is 5.43. The van der Waals surface area contributed by atoms with Crippen LogP contribution < -0.4 is 10.1 Å². The summed E-state index contributed by atoms with van der Waals surface area (Å²) in [6, 6.07) is 4.56. The van der Waals surface area contributed by atoms with Crippen LogP contribution in [-0.4, -0.2) is 26.4 Å². The van der Waals surface area contributed by atoms with E-state index in [1.807, 2.05) is 7.05 Å². The van der Waals surface area contributed by atoms with E-state index in [0.717, 1.165) is 25.2 Å². The molecule has 1 saturated heterocycles. The molecule has 1 aliphatic rings. The van der Waals surface area contributed by atoms with Crippen LogP contribution >= 0.6 is 0 Å². The maximum Gasteiger partial charge on any atom is 0.122 e. The van der Waals surface area contributed by atoms with Crippen molar-refractivity contribution in [3.63, 3.8) is 0 Å². The molecule has 19 heavy (non-hydrogen) atoms. The molecule has 0 aromatic heterocycles. The van der Waals surface area contributed by atoms with E-state index in [1.54, 1.807) is 7.11 Å². The van der Waals surface area contributed by atoms with Gasteiger partial charge in [0.15, 0.2) is 0 Å². The van der Waals surface area contributed by atoms with Gasteiger partial charge in [0.25, 0.3) is 0 Å². The second-order valence-electron chi connectivity index (χ2n) is 5.66. The summed E-state index contributed by atoms with van der Waals surface area (Å²) in [7, 11) is 3.73. The predicted molar refractivity (Wildman–Crippen MR) is 77.9 cm³/mol. The standard InChI is InChI=1S/C16H25NO2/c1-11-10-14(18-5)12(2)9-13(11)15(17-4)16(3)7-6-8-19-16/h9-10,15,17H,6-8H2,1-5H3. The number of likely N-dealkylation sites (N-methyl/N-ethyl adjacent to an activating group) is 1. The minimum atomic E-state index is -0.111. The first-order chi connectivity index (χ1) is 9.01. The van der Waals surface area contributed by atoms with Gasteiger partial charge in [-0.1, -0.05) is 6.07 Å². The Hall–Kier alpha value is -1.06. The van der Waals surface area contributed by atoms with Gasteiger partial charge in [-0.25, -0.2) is 0 Å². The molecule has 3 nitrogen and oxygen atoms in total. The van der Waals surface area contributed by atoms with Gasteiger partial charge in [-0.3, -0.25) is 0 Å². The van der Waals surface area contributed by atoms with Crippen LogP contribution in [0.1, 0.15) is 42.5 Å². The van der Waals surface area contributed by atoms with Gasteiger partial charge in [0, 0.05) is 6.61 Å². The SMILES string of the molecule is CNC(c1cc(C)c(OC)cc1C)C1(C)CCCO1. The van der Waals surface area contributed by atoms with E-state index in [0.29, 0.717) is 0 Å². The van der Waals surface area contributed by atoms with Crippen LogP contribution in [-0.2, 0) is 4.74 Å². The Bertz CT molecular complexity index is 450. The number of nitrogens with one attached hydrogen (secondary N) is 1. The van der Waals surface area contributed by atoms with Crippen molar-refractivity contribution >= 4 is 0 Å². The van der Waals surface area contributed by atoms with Gasteiger partial charge in [-0.2, -0.15) is 0 Å². The molecule has 0 spiro atoms. The fourth-order valence-electron chi connectivity index (χ4n) is 3.16. The zero-order valence-corrected chi connectivity index (χ0v) is 12.7. The summed E-state index contributed by atoms with van der Waals surface area (Å²) < 4.78 is 11.4. The normalized spacial score (nSPS) is 24.5. The van der Waals surface area contributed by atoms with Crippen molar-refractivity contribution in [2.45, 2.75) is 45.3 Å². The number of benzene rings is 1. The topological polar surface area (TPSA) is 30.5 Å². The van der Waals surface area contributed by atoms with Gasteiger partial charge in [0.1, 0.15) is 5.75 Å². The molecule has 0 saturated carbocycles. The molecule has 106 valence electrons. The zero-order chi connectivity index (χ0) is 14.0. The lowest BCUT2D eigenvalue weighted by Crippen LogP contribution is -2.40. The molecule has 0 radical (unpaired) electrons. The Morgan fingerprint density at radius 3 is 2.58 bits per heavy atom. The molecule has 1 fully saturated rings. The molecular weight excluding hydrogens is 238 g/mol. The molecule has 1 aromatic carbocycles. The molecule has 2 unspecified atom stereocenters. The fourth-order valence-corrected chi connectivity index (χ4v) is 3.16. The molecule has 1 N–H and O–H groups in total. The van der Waals surface area contributed by atoms with Crippen LogP contribution in [0, 0.1) is 13.8 Å². The van der Waals surface area contributed by atoms with Crippen LogP contribution in [0.25, 0.3) is 0 Å². The molecule has 3 heteroatoms. The first-order valence-corrected chi connectivity index (χ1v) is 6.98. The van der Waals surface area contributed by atoms with Crippen molar-refractivity contribution in [1.29, 1.82) is 0 Å². The highest BCUT2D eigenvalue weighted by atomic mass is 16.5. The Morgan fingerprint density at radius 1 is 1.32 bits per heavy atom. The summed E-state index contributed by atoms with van der Waals surface area (Å²) in [4.78, 5) is 0. The number of aryl methyl sites for hydroxylation is 2. The van der Waals surface area contributed by atoms with Crippen LogP contribution in [0.4, 0.5) is 0 Å². The van der Waals surface area contributed by atoms with E-state index in [4.69, 9.17) is 9.47 Å². The minimum absolute atomic E-state index is 0.111. The molecule has 1 aromatic rings. The number of hydrogen-bond acceptors (Lipinski definition) is 3. The van der Waals surface area contributed by atoms with Crippen LogP contribution in [0.3, 0.4) is 0 Å². The Kier molecular flexibility index (Phi) is 4.16. The van der Waals surface area contributed by atoms with Crippen LogP contribution in [0.15, 0.2) is 12.1 Å². The lowest BCUT2D eigenvalue weighted by Gasteiger charge is -2.34. The molecule has 1 heterocycles. The summed E-state index contributed by atoms with van der Waals surface area (Å²) in [5.74, 6) is 0.952. The summed E-state index contributed by atoms with van der Waals surface area (Å²) in [5.41, 5.74) is 3.62. The largest absolute Gasteiger partial charge is 0.496 e. The van der Waals surface area contributed by atoms with Crippen LogP contribution in [0.5, 0.6) is 5.75 Å². The fraction of sp³-hybridized carbons (Fsp3) is 0.625. The van der Waals surface area contributed by atoms with E-state index in [2.05, 4.69) is 38.2 Å². The third-order valence-corrected chi connectivity index (χ3v) is 4.24. The number of rotatable bonds is 4.